The zero-order chi connectivity index (χ0) is 20.6. The van der Waals surface area contributed by atoms with Crippen LogP contribution in [0.5, 0.6) is 0 Å². The molecule has 0 saturated carbocycles. The number of unbranched alkanes of at least 4 members (excludes halogenated alkanes) is 7. The maximum atomic E-state index is 6.24. The van der Waals surface area contributed by atoms with Crippen LogP contribution in [-0.4, -0.2) is 46.0 Å². The zero-order valence-corrected chi connectivity index (χ0v) is 22.6. The highest BCUT2D eigenvalue weighted by Gasteiger charge is 2.39. The third kappa shape index (κ3) is 15.1. The van der Waals surface area contributed by atoms with Crippen LogP contribution in [-0.2, 0) is 17.4 Å². The minimum atomic E-state index is -2.42. The van der Waals surface area contributed by atoms with Crippen molar-refractivity contribution in [2.75, 3.05) is 19.8 Å². The van der Waals surface area contributed by atoms with Crippen molar-refractivity contribution in [3.05, 3.63) is 0 Å². The van der Waals surface area contributed by atoms with E-state index in [0.29, 0.717) is 19.8 Å². The van der Waals surface area contributed by atoms with Gasteiger partial charge in [-0.2, -0.15) is 0 Å². The quantitative estimate of drug-likeness (QED) is 0.174. The maximum Gasteiger partial charge on any atom is 0.500 e. The molecule has 0 bridgehead atoms. The van der Waals surface area contributed by atoms with Crippen molar-refractivity contribution in [2.24, 2.45) is 0 Å². The van der Waals surface area contributed by atoms with Crippen LogP contribution in [0, 0.1) is 0 Å². The molecule has 0 amide bonds. The third-order valence-electron chi connectivity index (χ3n) is 4.66. The van der Waals surface area contributed by atoms with Crippen molar-refractivity contribution >= 4 is 26.2 Å². The molecule has 27 heavy (non-hydrogen) atoms. The Labute approximate surface area is 173 Å². The Kier molecular flexibility index (Phi) is 16.6. The van der Waals surface area contributed by atoms with Crippen LogP contribution < -0.4 is 0 Å². The van der Waals surface area contributed by atoms with E-state index in [2.05, 4.69) is 26.2 Å². The topological polar surface area (TPSA) is 36.9 Å². The highest BCUT2D eigenvalue weighted by molar-refractivity contribution is 6.77. The Bertz CT molecular complexity index is 324. The van der Waals surface area contributed by atoms with Crippen LogP contribution in [0.1, 0.15) is 72.1 Å². The predicted molar refractivity (Wildman–Crippen MR) is 125 cm³/mol. The summed E-state index contributed by atoms with van der Waals surface area (Å²) < 4.78 is 24.0. The molecular weight excluding hydrogens is 388 g/mol. The summed E-state index contributed by atoms with van der Waals surface area (Å²) >= 11 is 0. The van der Waals surface area contributed by atoms with Gasteiger partial charge in [0.2, 0.25) is 0 Å². The fraction of sp³-hybridized carbons (Fsp3) is 1.00. The summed E-state index contributed by atoms with van der Waals surface area (Å²) in [6.07, 6.45) is 10.5. The molecular formula is C20H48O4Si3. The van der Waals surface area contributed by atoms with E-state index < -0.39 is 26.2 Å². The fourth-order valence-corrected chi connectivity index (χ4v) is 13.0. The second-order valence-electron chi connectivity index (χ2n) is 8.24. The lowest BCUT2D eigenvalue weighted by Gasteiger charge is -2.28. The first kappa shape index (κ1) is 27.5. The summed E-state index contributed by atoms with van der Waals surface area (Å²) in [4.78, 5) is 0. The van der Waals surface area contributed by atoms with Gasteiger partial charge in [-0.25, -0.2) is 0 Å². The largest absolute Gasteiger partial charge is 0.500 e. The lowest BCUT2D eigenvalue weighted by molar-refractivity contribution is 0.0706. The predicted octanol–water partition coefficient (Wildman–Crippen LogP) is 6.36. The van der Waals surface area contributed by atoms with Gasteiger partial charge in [0.15, 0.2) is 17.4 Å². The Morgan fingerprint density at radius 3 is 1.33 bits per heavy atom. The lowest BCUT2D eigenvalue weighted by atomic mass is 10.1. The first-order valence-electron chi connectivity index (χ1n) is 11.4. The van der Waals surface area contributed by atoms with E-state index in [9.17, 15) is 0 Å². The lowest BCUT2D eigenvalue weighted by Crippen LogP contribution is -2.45. The molecule has 0 aromatic carbocycles. The van der Waals surface area contributed by atoms with Gasteiger partial charge in [-0.3, -0.25) is 0 Å². The number of rotatable bonds is 19. The summed E-state index contributed by atoms with van der Waals surface area (Å²) in [5, 5.41) is 0. The van der Waals surface area contributed by atoms with Gasteiger partial charge < -0.3 is 17.4 Å². The molecule has 0 radical (unpaired) electrons. The van der Waals surface area contributed by atoms with Crippen molar-refractivity contribution in [1.82, 2.24) is 0 Å². The number of hydrogen-bond donors (Lipinski definition) is 0. The SMILES string of the molecule is CCO[Si](CCCCCCCCCC[Si](C)(C)O[SiH](C)C)(OCC)OCC. The summed E-state index contributed by atoms with van der Waals surface area (Å²) in [7, 11) is -4.64. The molecule has 0 N–H and O–H groups in total. The van der Waals surface area contributed by atoms with Gasteiger partial charge in [-0.05, 0) is 59.4 Å². The van der Waals surface area contributed by atoms with Gasteiger partial charge in [0.25, 0.3) is 0 Å². The first-order chi connectivity index (χ1) is 12.8. The molecule has 0 aromatic heterocycles. The van der Waals surface area contributed by atoms with Crippen molar-refractivity contribution in [3.63, 3.8) is 0 Å². The summed E-state index contributed by atoms with van der Waals surface area (Å²) in [5.41, 5.74) is 0. The van der Waals surface area contributed by atoms with Crippen molar-refractivity contribution in [2.45, 2.75) is 110 Å². The van der Waals surface area contributed by atoms with Crippen molar-refractivity contribution < 1.29 is 17.4 Å². The van der Waals surface area contributed by atoms with Crippen LogP contribution >= 0.6 is 0 Å². The Morgan fingerprint density at radius 2 is 0.963 bits per heavy atom. The second-order valence-corrected chi connectivity index (χ2v) is 18.0. The highest BCUT2D eigenvalue weighted by atomic mass is 28.4. The van der Waals surface area contributed by atoms with Gasteiger partial charge in [0, 0.05) is 25.9 Å². The molecule has 0 aliphatic heterocycles. The highest BCUT2D eigenvalue weighted by Crippen LogP contribution is 2.21. The standard InChI is InChI=1S/C20H48O4Si3/c1-8-21-27(22-9-2,23-10-3)20-18-16-14-12-11-13-15-17-19-26(6,7)24-25(4)5/h25H,8-20H2,1-7H3. The zero-order valence-electron chi connectivity index (χ0n) is 19.4. The van der Waals surface area contributed by atoms with E-state index >= 15 is 0 Å². The molecule has 0 aromatic rings. The van der Waals surface area contributed by atoms with Gasteiger partial charge in [-0.1, -0.05) is 44.9 Å². The van der Waals surface area contributed by atoms with Crippen LogP contribution in [0.4, 0.5) is 0 Å². The van der Waals surface area contributed by atoms with E-state index in [-0.39, 0.29) is 0 Å². The minimum absolute atomic E-state index is 0.677. The van der Waals surface area contributed by atoms with Crippen LogP contribution in [0.15, 0.2) is 0 Å². The smallest absolute Gasteiger partial charge is 0.458 e. The average Bonchev–Trinajstić information content (AvgIpc) is 2.56. The molecule has 0 rings (SSSR count). The van der Waals surface area contributed by atoms with E-state index in [4.69, 9.17) is 17.4 Å². The Morgan fingerprint density at radius 1 is 0.593 bits per heavy atom. The Hall–Kier alpha value is 0.491. The van der Waals surface area contributed by atoms with Crippen LogP contribution in [0.2, 0.25) is 38.3 Å². The summed E-state index contributed by atoms with van der Waals surface area (Å²) in [6.45, 7) is 17.5. The molecule has 0 spiro atoms. The van der Waals surface area contributed by atoms with E-state index in [1.165, 1.54) is 51.0 Å². The molecule has 0 heterocycles. The van der Waals surface area contributed by atoms with E-state index in [0.717, 1.165) is 12.5 Å². The molecule has 0 unspecified atom stereocenters. The molecule has 0 fully saturated rings. The van der Waals surface area contributed by atoms with Gasteiger partial charge >= 0.3 is 8.80 Å². The summed E-state index contributed by atoms with van der Waals surface area (Å²) in [6, 6.07) is 2.29. The Balaban J connectivity index is 3.75. The average molecular weight is 437 g/mol. The van der Waals surface area contributed by atoms with Gasteiger partial charge in [-0.15, -0.1) is 0 Å². The molecule has 0 aliphatic rings. The summed E-state index contributed by atoms with van der Waals surface area (Å²) in [5.74, 6) is 0. The monoisotopic (exact) mass is 436 g/mol. The van der Waals surface area contributed by atoms with E-state index in [1.807, 2.05) is 20.8 Å². The fourth-order valence-electron chi connectivity index (χ4n) is 3.65. The molecule has 0 atom stereocenters. The second kappa shape index (κ2) is 16.3. The molecule has 4 nitrogen and oxygen atoms in total. The first-order valence-corrected chi connectivity index (χ1v) is 19.2. The van der Waals surface area contributed by atoms with Crippen molar-refractivity contribution in [1.29, 1.82) is 0 Å². The molecule has 0 saturated heterocycles. The molecule has 164 valence electrons. The number of hydrogen-bond acceptors (Lipinski definition) is 4. The maximum absolute atomic E-state index is 6.24. The molecule has 0 aliphatic carbocycles. The third-order valence-corrected chi connectivity index (χ3v) is 13.8. The minimum Gasteiger partial charge on any atom is -0.458 e. The van der Waals surface area contributed by atoms with Crippen molar-refractivity contribution in [3.8, 4) is 0 Å². The van der Waals surface area contributed by atoms with Gasteiger partial charge in [0.05, 0.1) is 0 Å². The van der Waals surface area contributed by atoms with Crippen LogP contribution in [0.25, 0.3) is 0 Å². The van der Waals surface area contributed by atoms with Gasteiger partial charge in [0.1, 0.15) is 0 Å². The van der Waals surface area contributed by atoms with Crippen LogP contribution in [0.3, 0.4) is 0 Å². The molecule has 7 heteroatoms. The van der Waals surface area contributed by atoms with E-state index in [1.54, 1.807) is 0 Å². The normalized spacial score (nSPS) is 12.9.